The number of nitrogens with zero attached hydrogens (tertiary/aromatic N) is 3. The van der Waals surface area contributed by atoms with Gasteiger partial charge in [0.25, 0.3) is 0 Å². The van der Waals surface area contributed by atoms with Crippen molar-refractivity contribution in [2.45, 2.75) is 45.7 Å². The molecule has 1 aromatic heterocycles. The number of carbonyl (C=O) groups excluding carboxylic acids is 1. The fourth-order valence-electron chi connectivity index (χ4n) is 5.71. The molecule has 1 saturated heterocycles. The first-order chi connectivity index (χ1) is 14.8. The summed E-state index contributed by atoms with van der Waals surface area (Å²) in [6.07, 6.45) is -1.39. The molecule has 2 atom stereocenters. The van der Waals surface area contributed by atoms with Crippen LogP contribution in [0.4, 0.5) is 19.0 Å². The van der Waals surface area contributed by atoms with Gasteiger partial charge in [0.2, 0.25) is 10.0 Å². The minimum Gasteiger partial charge on any atom is -0.354 e. The number of sulfonamides is 1. The highest BCUT2D eigenvalue weighted by Gasteiger charge is 2.65. The number of Topliss-reactive ketones (excluding diaryl/α,β-unsaturated/α-hetero) is 1. The van der Waals surface area contributed by atoms with Gasteiger partial charge in [-0.15, -0.1) is 0 Å². The molecule has 178 valence electrons. The highest BCUT2D eigenvalue weighted by molar-refractivity contribution is 7.89. The third-order valence-electron chi connectivity index (χ3n) is 7.86. The van der Waals surface area contributed by atoms with Gasteiger partial charge in [0, 0.05) is 44.2 Å². The van der Waals surface area contributed by atoms with Gasteiger partial charge in [0.1, 0.15) is 11.6 Å². The Morgan fingerprint density at radius 3 is 2.50 bits per heavy atom. The van der Waals surface area contributed by atoms with Crippen molar-refractivity contribution in [1.82, 2.24) is 9.29 Å². The molecule has 6 nitrogen and oxygen atoms in total. The third-order valence-corrected chi connectivity index (χ3v) is 10.2. The van der Waals surface area contributed by atoms with Crippen LogP contribution in [-0.4, -0.2) is 55.4 Å². The SMILES string of the molecule is CC1(C)[C@@H]2CC[C@@]1(CS(=O)(=O)N1CCCN(c3ncc(C(F)(F)F)cc3Cl)CC1)C(=O)C2. The second-order valence-electron chi connectivity index (χ2n) is 9.69. The predicted octanol–water partition coefficient (Wildman–Crippen LogP) is 3.99. The minimum absolute atomic E-state index is 0.0551. The fourth-order valence-corrected chi connectivity index (χ4v) is 8.25. The van der Waals surface area contributed by atoms with E-state index in [2.05, 4.69) is 4.98 Å². The summed E-state index contributed by atoms with van der Waals surface area (Å²) >= 11 is 6.08. The van der Waals surface area contributed by atoms with Gasteiger partial charge in [-0.25, -0.2) is 17.7 Å². The molecule has 0 radical (unpaired) electrons. The van der Waals surface area contributed by atoms with Gasteiger partial charge in [0.05, 0.1) is 16.3 Å². The second kappa shape index (κ2) is 7.84. The van der Waals surface area contributed by atoms with E-state index in [4.69, 9.17) is 11.6 Å². The number of aromatic nitrogens is 1. The van der Waals surface area contributed by atoms with Crippen LogP contribution in [0.15, 0.2) is 12.3 Å². The Labute approximate surface area is 191 Å². The quantitative estimate of drug-likeness (QED) is 0.634. The molecule has 0 spiro atoms. The number of fused-ring (bicyclic) bond motifs is 2. The number of carbonyl (C=O) groups is 1. The molecule has 1 aliphatic heterocycles. The molecule has 3 fully saturated rings. The van der Waals surface area contributed by atoms with E-state index >= 15 is 0 Å². The van der Waals surface area contributed by atoms with Crippen LogP contribution in [-0.2, 0) is 21.0 Å². The summed E-state index contributed by atoms with van der Waals surface area (Å²) in [6.45, 7) is 5.13. The van der Waals surface area contributed by atoms with Crippen LogP contribution in [0, 0.1) is 16.7 Å². The fraction of sp³-hybridized carbons (Fsp3) is 0.714. The first kappa shape index (κ1) is 23.8. The first-order valence-corrected chi connectivity index (χ1v) is 12.8. The zero-order valence-electron chi connectivity index (χ0n) is 18.1. The van der Waals surface area contributed by atoms with Crippen molar-refractivity contribution in [1.29, 1.82) is 0 Å². The third kappa shape index (κ3) is 3.81. The Balaban J connectivity index is 1.49. The van der Waals surface area contributed by atoms with Gasteiger partial charge in [-0.2, -0.15) is 13.2 Å². The van der Waals surface area contributed by atoms with Gasteiger partial charge in [0.15, 0.2) is 0 Å². The summed E-state index contributed by atoms with van der Waals surface area (Å²) in [4.78, 5) is 18.4. The summed E-state index contributed by atoms with van der Waals surface area (Å²) in [5.74, 6) is 0.321. The molecule has 1 aromatic rings. The van der Waals surface area contributed by atoms with Crippen molar-refractivity contribution in [3.63, 3.8) is 0 Å². The van der Waals surface area contributed by atoms with Gasteiger partial charge in [-0.05, 0) is 36.7 Å². The molecular weight excluding hydrogens is 467 g/mol. The van der Waals surface area contributed by atoms with Crippen LogP contribution in [0.3, 0.4) is 0 Å². The normalized spacial score (nSPS) is 28.9. The van der Waals surface area contributed by atoms with Gasteiger partial charge < -0.3 is 4.90 Å². The predicted molar refractivity (Wildman–Crippen MR) is 115 cm³/mol. The Kier molecular flexibility index (Phi) is 5.82. The highest BCUT2D eigenvalue weighted by atomic mass is 35.5. The maximum atomic E-state index is 13.4. The van der Waals surface area contributed by atoms with Crippen LogP contribution in [0.5, 0.6) is 0 Å². The molecule has 2 bridgehead atoms. The van der Waals surface area contributed by atoms with Gasteiger partial charge in [-0.1, -0.05) is 25.4 Å². The lowest BCUT2D eigenvalue weighted by atomic mass is 9.70. The number of hydrogen-bond donors (Lipinski definition) is 0. The Hall–Kier alpha value is -1.39. The van der Waals surface area contributed by atoms with Gasteiger partial charge in [-0.3, -0.25) is 4.79 Å². The van der Waals surface area contributed by atoms with Crippen molar-refractivity contribution in [3.8, 4) is 0 Å². The lowest BCUT2D eigenvalue weighted by Gasteiger charge is -2.37. The number of rotatable bonds is 4. The Bertz CT molecular complexity index is 1030. The molecule has 3 aliphatic rings. The number of anilines is 1. The number of pyridine rings is 1. The van der Waals surface area contributed by atoms with E-state index in [0.29, 0.717) is 25.8 Å². The Morgan fingerprint density at radius 2 is 1.94 bits per heavy atom. The van der Waals surface area contributed by atoms with Crippen molar-refractivity contribution >= 4 is 33.2 Å². The van der Waals surface area contributed by atoms with E-state index in [1.165, 1.54) is 4.31 Å². The van der Waals surface area contributed by atoms with E-state index in [9.17, 15) is 26.4 Å². The molecule has 0 N–H and O–H groups in total. The lowest BCUT2D eigenvalue weighted by Crippen LogP contribution is -2.47. The molecule has 2 saturated carbocycles. The van der Waals surface area contributed by atoms with Crippen LogP contribution >= 0.6 is 11.6 Å². The van der Waals surface area contributed by atoms with Crippen LogP contribution in [0.2, 0.25) is 5.02 Å². The second-order valence-corrected chi connectivity index (χ2v) is 12.1. The molecule has 0 unspecified atom stereocenters. The summed E-state index contributed by atoms with van der Waals surface area (Å²) in [6, 6.07) is 0.840. The van der Waals surface area contributed by atoms with Crippen molar-refractivity contribution < 1.29 is 26.4 Å². The maximum absolute atomic E-state index is 13.4. The smallest absolute Gasteiger partial charge is 0.354 e. The van der Waals surface area contributed by atoms with E-state index in [1.54, 1.807) is 4.90 Å². The number of halogens is 4. The van der Waals surface area contributed by atoms with Gasteiger partial charge >= 0.3 is 6.18 Å². The maximum Gasteiger partial charge on any atom is 0.417 e. The summed E-state index contributed by atoms with van der Waals surface area (Å²) < 4.78 is 66.8. The largest absolute Gasteiger partial charge is 0.417 e. The standard InChI is InChI=1S/C21H27ClF3N3O3S/c1-19(2)14-4-5-20(19,17(29)11-14)13-32(30,31)28-7-3-6-27(8-9-28)18-16(22)10-15(12-26-18)21(23,24)25/h10,12,14H,3-9,11,13H2,1-2H3/t14-,20-/m1/s1. The highest BCUT2D eigenvalue weighted by Crippen LogP contribution is 2.64. The number of ketones is 1. The molecule has 0 amide bonds. The molecular formula is C21H27ClF3N3O3S. The minimum atomic E-state index is -4.54. The molecule has 0 aromatic carbocycles. The van der Waals surface area contributed by atoms with Crippen molar-refractivity contribution in [2.75, 3.05) is 36.8 Å². The zero-order chi connectivity index (χ0) is 23.5. The van der Waals surface area contributed by atoms with Crippen LogP contribution in [0.1, 0.15) is 45.1 Å². The zero-order valence-corrected chi connectivity index (χ0v) is 19.7. The van der Waals surface area contributed by atoms with Crippen LogP contribution in [0.25, 0.3) is 0 Å². The van der Waals surface area contributed by atoms with E-state index in [-0.39, 0.29) is 53.3 Å². The number of alkyl halides is 3. The molecule has 2 aliphatic carbocycles. The average Bonchev–Trinajstić information content (AvgIpc) is 2.92. The number of hydrogen-bond acceptors (Lipinski definition) is 5. The molecule has 32 heavy (non-hydrogen) atoms. The Morgan fingerprint density at radius 1 is 1.22 bits per heavy atom. The van der Waals surface area contributed by atoms with Crippen molar-refractivity contribution in [3.05, 3.63) is 22.8 Å². The monoisotopic (exact) mass is 493 g/mol. The molecule has 2 heterocycles. The summed E-state index contributed by atoms with van der Waals surface area (Å²) in [5, 5.41) is -0.120. The summed E-state index contributed by atoms with van der Waals surface area (Å²) in [7, 11) is -3.70. The molecule has 11 heteroatoms. The summed E-state index contributed by atoms with van der Waals surface area (Å²) in [5.41, 5.74) is -2.10. The first-order valence-electron chi connectivity index (χ1n) is 10.8. The lowest BCUT2D eigenvalue weighted by molar-refractivity contribution is -0.137. The molecule has 4 rings (SSSR count). The van der Waals surface area contributed by atoms with Crippen molar-refractivity contribution in [2.24, 2.45) is 16.7 Å². The van der Waals surface area contributed by atoms with E-state index in [1.807, 2.05) is 13.8 Å². The van der Waals surface area contributed by atoms with E-state index < -0.39 is 27.2 Å². The average molecular weight is 494 g/mol. The van der Waals surface area contributed by atoms with Crippen LogP contribution < -0.4 is 4.90 Å². The topological polar surface area (TPSA) is 70.6 Å². The van der Waals surface area contributed by atoms with E-state index in [0.717, 1.165) is 18.7 Å².